The maximum atomic E-state index is 12.9. The number of pyridine rings is 1. The summed E-state index contributed by atoms with van der Waals surface area (Å²) >= 11 is 0. The van der Waals surface area contributed by atoms with Gasteiger partial charge in [-0.15, -0.1) is 0 Å². The molecule has 0 radical (unpaired) electrons. The number of amides is 1. The number of carbonyl (C=O) groups excluding carboxylic acids is 1. The Bertz CT molecular complexity index is 1110. The van der Waals surface area contributed by atoms with Crippen molar-refractivity contribution >= 4 is 11.7 Å². The smallest absolute Gasteiger partial charge is 0.239 e. The Balaban J connectivity index is 0.000000383. The van der Waals surface area contributed by atoms with E-state index in [9.17, 15) is 9.18 Å². The summed E-state index contributed by atoms with van der Waals surface area (Å²) in [6.45, 7) is 6.12. The quantitative estimate of drug-likeness (QED) is 0.351. The largest absolute Gasteiger partial charge is 0.457 e. The van der Waals surface area contributed by atoms with Crippen molar-refractivity contribution in [2.75, 3.05) is 11.9 Å². The van der Waals surface area contributed by atoms with Crippen molar-refractivity contribution in [1.29, 1.82) is 0 Å². The number of nitrogens with one attached hydrogen (secondary N) is 2. The monoisotopic (exact) mass is 463 g/mol. The zero-order valence-corrected chi connectivity index (χ0v) is 19.6. The summed E-state index contributed by atoms with van der Waals surface area (Å²) in [5, 5.41) is 2.62. The lowest BCUT2D eigenvalue weighted by Crippen LogP contribution is -2.22. The van der Waals surface area contributed by atoms with Crippen molar-refractivity contribution in [2.24, 2.45) is 5.73 Å². The predicted octanol–water partition coefficient (Wildman–Crippen LogP) is 5.71. The first kappa shape index (κ1) is 26.2. The Morgan fingerprint density at radius 1 is 1.03 bits per heavy atom. The molecule has 178 valence electrons. The highest BCUT2D eigenvalue weighted by Gasteiger charge is 2.05. The van der Waals surface area contributed by atoms with Crippen LogP contribution in [-0.4, -0.2) is 27.4 Å². The molecule has 7 nitrogen and oxygen atoms in total. The van der Waals surface area contributed by atoms with Crippen molar-refractivity contribution < 1.29 is 13.9 Å². The van der Waals surface area contributed by atoms with Gasteiger partial charge in [0.2, 0.25) is 5.91 Å². The number of hydrogen-bond acceptors (Lipinski definition) is 5. The van der Waals surface area contributed by atoms with Crippen molar-refractivity contribution in [3.05, 3.63) is 90.8 Å². The molecule has 4 aromatic rings. The van der Waals surface area contributed by atoms with Gasteiger partial charge in [0, 0.05) is 17.5 Å². The molecule has 0 bridgehead atoms. The second-order valence-electron chi connectivity index (χ2n) is 7.18. The lowest BCUT2D eigenvalue weighted by atomic mass is 10.1. The van der Waals surface area contributed by atoms with Crippen molar-refractivity contribution in [1.82, 2.24) is 15.0 Å². The van der Waals surface area contributed by atoms with Crippen molar-refractivity contribution in [2.45, 2.75) is 27.2 Å². The van der Waals surface area contributed by atoms with Crippen LogP contribution in [0.5, 0.6) is 11.5 Å². The maximum absolute atomic E-state index is 12.9. The third-order valence-electron chi connectivity index (χ3n) is 4.04. The molecular formula is C26H30FN5O2. The van der Waals surface area contributed by atoms with E-state index in [1.165, 1.54) is 18.6 Å². The van der Waals surface area contributed by atoms with E-state index in [1.54, 1.807) is 48.9 Å². The maximum Gasteiger partial charge on any atom is 0.239 e. The number of halogens is 1. The van der Waals surface area contributed by atoms with E-state index in [4.69, 9.17) is 10.5 Å². The van der Waals surface area contributed by atoms with Gasteiger partial charge in [-0.25, -0.2) is 14.4 Å². The fraction of sp³-hybridized carbons (Fsp3) is 0.192. The molecule has 0 aliphatic heterocycles. The lowest BCUT2D eigenvalue weighted by molar-refractivity contribution is -0.114. The fourth-order valence-corrected chi connectivity index (χ4v) is 2.52. The number of imidazole rings is 1. The van der Waals surface area contributed by atoms with Crippen molar-refractivity contribution in [3.63, 3.8) is 0 Å². The van der Waals surface area contributed by atoms with E-state index < -0.39 is 0 Å². The number of benzene rings is 2. The predicted molar refractivity (Wildman–Crippen MR) is 133 cm³/mol. The van der Waals surface area contributed by atoms with E-state index in [-0.39, 0.29) is 18.3 Å². The van der Waals surface area contributed by atoms with Crippen LogP contribution in [0.1, 0.15) is 26.0 Å². The molecule has 4 rings (SSSR count). The number of hydrogen-bond donors (Lipinski definition) is 3. The minimum atomic E-state index is -0.310. The molecule has 34 heavy (non-hydrogen) atoms. The first-order valence-corrected chi connectivity index (χ1v) is 10.9. The fourth-order valence-electron chi connectivity index (χ4n) is 2.52. The van der Waals surface area contributed by atoms with E-state index in [0.29, 0.717) is 23.0 Å². The Hall–Kier alpha value is -4.04. The molecule has 1 amide bonds. The third kappa shape index (κ3) is 9.22. The Kier molecular flexibility index (Phi) is 10.9. The minimum absolute atomic E-state index is 0.0959. The number of carbonyl (C=O) groups is 1. The standard InChI is InChI=1S/C19H16FN3O2.C4H6N2.C3H8/c20-14-6-10-16(11-7-14)25-15-8-4-13(5-9-15)17-2-1-3-18(22-17)23-19(24)12-21;1-4-2-5-3-6-4;1-3-2/h1-11H,12,21H2,(H,22,23,24);2-3H,1H3,(H,5,6);3H2,1-2H3. The summed E-state index contributed by atoms with van der Waals surface area (Å²) in [5.74, 6) is 1.02. The van der Waals surface area contributed by atoms with Gasteiger partial charge in [-0.05, 0) is 67.6 Å². The molecule has 0 aliphatic carbocycles. The van der Waals surface area contributed by atoms with E-state index in [0.717, 1.165) is 11.3 Å². The molecule has 0 saturated carbocycles. The number of aryl methyl sites for hydroxylation is 1. The van der Waals surface area contributed by atoms with Crippen LogP contribution < -0.4 is 15.8 Å². The number of nitrogens with two attached hydrogens (primary N) is 1. The van der Waals surface area contributed by atoms with E-state index in [1.807, 2.05) is 25.1 Å². The average molecular weight is 464 g/mol. The minimum Gasteiger partial charge on any atom is -0.457 e. The first-order chi connectivity index (χ1) is 16.4. The molecular weight excluding hydrogens is 433 g/mol. The summed E-state index contributed by atoms with van der Waals surface area (Å²) in [6.07, 6.45) is 4.69. The van der Waals surface area contributed by atoms with Gasteiger partial charge in [0.25, 0.3) is 0 Å². The number of H-pyrrole nitrogens is 1. The molecule has 0 unspecified atom stereocenters. The van der Waals surface area contributed by atoms with Crippen LogP contribution in [0.25, 0.3) is 11.3 Å². The molecule has 0 fully saturated rings. The number of rotatable bonds is 5. The Morgan fingerprint density at radius 3 is 2.15 bits per heavy atom. The zero-order chi connectivity index (χ0) is 24.8. The molecule has 0 saturated heterocycles. The van der Waals surface area contributed by atoms with Crippen LogP contribution in [-0.2, 0) is 4.79 Å². The van der Waals surface area contributed by atoms with Crippen molar-refractivity contribution in [3.8, 4) is 22.8 Å². The Morgan fingerprint density at radius 2 is 1.65 bits per heavy atom. The van der Waals surface area contributed by atoms with Gasteiger partial charge in [-0.2, -0.15) is 0 Å². The van der Waals surface area contributed by atoms with Gasteiger partial charge < -0.3 is 20.8 Å². The van der Waals surface area contributed by atoms with Crippen LogP contribution >= 0.6 is 0 Å². The molecule has 0 spiro atoms. The van der Waals surface area contributed by atoms with Crippen LogP contribution in [0, 0.1) is 12.7 Å². The third-order valence-corrected chi connectivity index (χ3v) is 4.04. The molecule has 4 N–H and O–H groups in total. The first-order valence-electron chi connectivity index (χ1n) is 10.9. The Labute approximate surface area is 199 Å². The highest BCUT2D eigenvalue weighted by Crippen LogP contribution is 2.25. The summed E-state index contributed by atoms with van der Waals surface area (Å²) in [5.41, 5.74) is 7.97. The SMILES string of the molecule is CCC.Cc1cnc[nH]1.NCC(=O)Nc1cccc(-c2ccc(Oc3ccc(F)cc3)cc2)n1. The van der Waals surface area contributed by atoms with Crippen LogP contribution in [0.15, 0.2) is 79.3 Å². The highest BCUT2D eigenvalue weighted by atomic mass is 19.1. The second kappa shape index (κ2) is 14.2. The van der Waals surface area contributed by atoms with Gasteiger partial charge >= 0.3 is 0 Å². The van der Waals surface area contributed by atoms with E-state index in [2.05, 4.69) is 34.1 Å². The second-order valence-corrected chi connectivity index (χ2v) is 7.18. The summed E-state index contributed by atoms with van der Waals surface area (Å²) < 4.78 is 18.6. The number of aromatic amines is 1. The van der Waals surface area contributed by atoms with E-state index >= 15 is 0 Å². The molecule has 2 aromatic carbocycles. The summed E-state index contributed by atoms with van der Waals surface area (Å²) in [4.78, 5) is 22.4. The van der Waals surface area contributed by atoms with Crippen LogP contribution in [0.3, 0.4) is 0 Å². The number of ether oxygens (including phenoxy) is 1. The van der Waals surface area contributed by atoms with Crippen LogP contribution in [0.4, 0.5) is 10.2 Å². The van der Waals surface area contributed by atoms with Gasteiger partial charge in [-0.3, -0.25) is 4.79 Å². The molecule has 0 atom stereocenters. The molecule has 0 aliphatic rings. The number of aromatic nitrogens is 3. The summed E-state index contributed by atoms with van der Waals surface area (Å²) in [6, 6.07) is 18.5. The normalized spacial score (nSPS) is 9.68. The molecule has 8 heteroatoms. The molecule has 2 aromatic heterocycles. The average Bonchev–Trinajstić information content (AvgIpc) is 3.33. The lowest BCUT2D eigenvalue weighted by Gasteiger charge is -2.08. The topological polar surface area (TPSA) is 106 Å². The van der Waals surface area contributed by atoms with Gasteiger partial charge in [0.15, 0.2) is 0 Å². The van der Waals surface area contributed by atoms with Gasteiger partial charge in [0.05, 0.1) is 18.6 Å². The number of anilines is 1. The number of nitrogens with zero attached hydrogens (tertiary/aromatic N) is 2. The van der Waals surface area contributed by atoms with Crippen LogP contribution in [0.2, 0.25) is 0 Å². The van der Waals surface area contributed by atoms with Gasteiger partial charge in [0.1, 0.15) is 23.1 Å². The highest BCUT2D eigenvalue weighted by molar-refractivity contribution is 5.91. The molecule has 2 heterocycles. The van der Waals surface area contributed by atoms with Gasteiger partial charge in [-0.1, -0.05) is 26.3 Å². The zero-order valence-electron chi connectivity index (χ0n) is 19.6. The summed E-state index contributed by atoms with van der Waals surface area (Å²) in [7, 11) is 0.